The molecule has 0 saturated carbocycles. The average Bonchev–Trinajstić information content (AvgIpc) is 3.07. The Bertz CT molecular complexity index is 678. The number of amides is 1. The topological polar surface area (TPSA) is 74.2 Å². The highest BCUT2D eigenvalue weighted by molar-refractivity contribution is 6.38. The Kier molecular flexibility index (Phi) is 7.99. The first-order valence-electron chi connectivity index (χ1n) is 9.85. The van der Waals surface area contributed by atoms with E-state index in [9.17, 15) is 9.59 Å². The highest BCUT2D eigenvalue weighted by Gasteiger charge is 2.37. The first-order valence-corrected chi connectivity index (χ1v) is 9.85. The van der Waals surface area contributed by atoms with Gasteiger partial charge in [0.2, 0.25) is 5.91 Å². The molecule has 1 aliphatic rings. The van der Waals surface area contributed by atoms with Gasteiger partial charge < -0.3 is 15.0 Å². The smallest absolute Gasteiger partial charge is 0.354 e. The van der Waals surface area contributed by atoms with Crippen LogP contribution in [0.15, 0.2) is 35.4 Å². The maximum absolute atomic E-state index is 13.1. The molecule has 0 radical (unpaired) electrons. The molecule has 2 atom stereocenters. The maximum Gasteiger partial charge on any atom is 0.354 e. The lowest BCUT2D eigenvalue weighted by atomic mass is 10.0. The second kappa shape index (κ2) is 10.2. The van der Waals surface area contributed by atoms with Crippen LogP contribution in [0.25, 0.3) is 0 Å². The molecule has 0 bridgehead atoms. The van der Waals surface area contributed by atoms with Gasteiger partial charge in [-0.05, 0) is 45.5 Å². The molecule has 0 aliphatic carbocycles. The van der Waals surface area contributed by atoms with Gasteiger partial charge in [0.25, 0.3) is 0 Å². The fourth-order valence-electron chi connectivity index (χ4n) is 3.36. The van der Waals surface area contributed by atoms with E-state index >= 15 is 0 Å². The molecule has 7 nitrogen and oxygen atoms in total. The number of carbonyl (C=O) groups is 2. The molecule has 1 aromatic carbocycles. The Morgan fingerprint density at radius 3 is 2.54 bits per heavy atom. The van der Waals surface area contributed by atoms with Crippen LogP contribution in [0, 0.1) is 5.92 Å². The number of ether oxygens (including phenoxy) is 1. The molecule has 0 spiro atoms. The van der Waals surface area contributed by atoms with Crippen molar-refractivity contribution in [2.75, 3.05) is 32.3 Å². The molecule has 7 heteroatoms. The number of rotatable bonds is 9. The summed E-state index contributed by atoms with van der Waals surface area (Å²) < 4.78 is 5.09. The number of carbonyl (C=O) groups excluding carboxylic acids is 2. The summed E-state index contributed by atoms with van der Waals surface area (Å²) in [7, 11) is 3.99. The van der Waals surface area contributed by atoms with E-state index in [4.69, 9.17) is 4.74 Å². The lowest BCUT2D eigenvalue weighted by Gasteiger charge is -2.28. The van der Waals surface area contributed by atoms with Gasteiger partial charge in [-0.2, -0.15) is 5.10 Å². The van der Waals surface area contributed by atoms with Crippen molar-refractivity contribution < 1.29 is 14.3 Å². The van der Waals surface area contributed by atoms with Gasteiger partial charge in [0.05, 0.1) is 12.3 Å². The number of esters is 1. The third-order valence-electron chi connectivity index (χ3n) is 4.43. The number of benzene rings is 1. The molecule has 1 heterocycles. The second-order valence-corrected chi connectivity index (χ2v) is 7.76. The van der Waals surface area contributed by atoms with E-state index in [-0.39, 0.29) is 30.7 Å². The first kappa shape index (κ1) is 21.9. The Morgan fingerprint density at radius 2 is 1.96 bits per heavy atom. The molecular formula is C21H32N4O3. The normalized spacial score (nSPS) is 17.6. The summed E-state index contributed by atoms with van der Waals surface area (Å²) in [6.45, 7) is 7.07. The molecule has 154 valence electrons. The van der Waals surface area contributed by atoms with Gasteiger partial charge >= 0.3 is 5.97 Å². The van der Waals surface area contributed by atoms with Crippen molar-refractivity contribution in [3.63, 3.8) is 0 Å². The fraction of sp³-hybridized carbons (Fsp3) is 0.571. The van der Waals surface area contributed by atoms with Gasteiger partial charge in [0.15, 0.2) is 0 Å². The van der Waals surface area contributed by atoms with Gasteiger partial charge in [-0.15, -0.1) is 0 Å². The third kappa shape index (κ3) is 6.05. The first-order chi connectivity index (χ1) is 13.3. The third-order valence-corrected chi connectivity index (χ3v) is 4.43. The van der Waals surface area contributed by atoms with E-state index in [1.165, 1.54) is 0 Å². The van der Waals surface area contributed by atoms with E-state index in [0.29, 0.717) is 5.92 Å². The lowest BCUT2D eigenvalue weighted by molar-refractivity contribution is -0.135. The molecular weight excluding hydrogens is 356 g/mol. The standard InChI is InChI=1S/C21H32N4O3/c1-6-28-21(27)18-13-19(25(23-18)17-10-8-7-9-11-17)20(26)22-16(12-15(2)3)14-24(4)5/h7-11,15-16,19H,6,12-14H2,1-5H3,(H,22,26). The molecule has 1 N–H and O–H groups in total. The zero-order chi connectivity index (χ0) is 20.7. The van der Waals surface area contributed by atoms with Crippen LogP contribution in [0.3, 0.4) is 0 Å². The van der Waals surface area contributed by atoms with Crippen LogP contribution in [-0.4, -0.2) is 61.8 Å². The minimum atomic E-state index is -0.571. The van der Waals surface area contributed by atoms with E-state index in [2.05, 4.69) is 29.2 Å². The molecule has 28 heavy (non-hydrogen) atoms. The van der Waals surface area contributed by atoms with Gasteiger partial charge in [0.1, 0.15) is 11.8 Å². The van der Waals surface area contributed by atoms with Crippen LogP contribution in [-0.2, 0) is 14.3 Å². The zero-order valence-electron chi connectivity index (χ0n) is 17.5. The Hall–Kier alpha value is -2.41. The molecule has 1 amide bonds. The number of para-hydroxylation sites is 1. The van der Waals surface area contributed by atoms with Crippen molar-refractivity contribution in [2.45, 2.75) is 45.7 Å². The number of nitrogens with zero attached hydrogens (tertiary/aromatic N) is 3. The number of hydrogen-bond acceptors (Lipinski definition) is 6. The monoisotopic (exact) mass is 388 g/mol. The SMILES string of the molecule is CCOC(=O)C1=NN(c2ccccc2)C(C(=O)NC(CC(C)C)CN(C)C)C1. The van der Waals surface area contributed by atoms with Crippen LogP contribution < -0.4 is 10.3 Å². The molecule has 1 aliphatic heterocycles. The van der Waals surface area contributed by atoms with E-state index < -0.39 is 12.0 Å². The summed E-state index contributed by atoms with van der Waals surface area (Å²) >= 11 is 0. The van der Waals surface area contributed by atoms with E-state index in [1.54, 1.807) is 11.9 Å². The minimum Gasteiger partial charge on any atom is -0.461 e. The van der Waals surface area contributed by atoms with Crippen LogP contribution in [0.1, 0.15) is 33.6 Å². The highest BCUT2D eigenvalue weighted by atomic mass is 16.5. The lowest BCUT2D eigenvalue weighted by Crippen LogP contribution is -2.50. The maximum atomic E-state index is 13.1. The molecule has 0 aromatic heterocycles. The molecule has 2 unspecified atom stereocenters. The molecule has 1 aromatic rings. The van der Waals surface area contributed by atoms with Gasteiger partial charge in [-0.1, -0.05) is 32.0 Å². The van der Waals surface area contributed by atoms with Crippen molar-refractivity contribution >= 4 is 23.3 Å². The van der Waals surface area contributed by atoms with Crippen molar-refractivity contribution in [2.24, 2.45) is 11.0 Å². The van der Waals surface area contributed by atoms with Crippen LogP contribution in [0.4, 0.5) is 5.69 Å². The largest absolute Gasteiger partial charge is 0.461 e. The van der Waals surface area contributed by atoms with Crippen molar-refractivity contribution in [3.8, 4) is 0 Å². The Balaban J connectivity index is 2.20. The Morgan fingerprint density at radius 1 is 1.29 bits per heavy atom. The van der Waals surface area contributed by atoms with E-state index in [0.717, 1.165) is 18.7 Å². The number of anilines is 1. The summed E-state index contributed by atoms with van der Waals surface area (Å²) in [5.74, 6) is -0.129. The van der Waals surface area contributed by atoms with Crippen molar-refractivity contribution in [1.29, 1.82) is 0 Å². The predicted molar refractivity (Wildman–Crippen MR) is 111 cm³/mol. The zero-order valence-corrected chi connectivity index (χ0v) is 17.5. The molecule has 2 rings (SSSR count). The highest BCUT2D eigenvalue weighted by Crippen LogP contribution is 2.25. The number of hydrazone groups is 1. The summed E-state index contributed by atoms with van der Waals surface area (Å²) in [4.78, 5) is 27.4. The fourth-order valence-corrected chi connectivity index (χ4v) is 3.36. The summed E-state index contributed by atoms with van der Waals surface area (Å²) in [5, 5.41) is 9.21. The predicted octanol–water partition coefficient (Wildman–Crippen LogP) is 2.28. The summed E-state index contributed by atoms with van der Waals surface area (Å²) in [6, 6.07) is 8.89. The molecule has 0 saturated heterocycles. The van der Waals surface area contributed by atoms with Crippen LogP contribution in [0.2, 0.25) is 0 Å². The second-order valence-electron chi connectivity index (χ2n) is 7.76. The van der Waals surface area contributed by atoms with E-state index in [1.807, 2.05) is 44.4 Å². The van der Waals surface area contributed by atoms with Crippen molar-refractivity contribution in [1.82, 2.24) is 10.2 Å². The number of likely N-dealkylation sites (N-methyl/N-ethyl adjacent to an activating group) is 1. The van der Waals surface area contributed by atoms with Gasteiger partial charge in [0, 0.05) is 19.0 Å². The van der Waals surface area contributed by atoms with Gasteiger partial charge in [-0.3, -0.25) is 9.80 Å². The average molecular weight is 389 g/mol. The van der Waals surface area contributed by atoms with Crippen LogP contribution in [0.5, 0.6) is 0 Å². The Labute approximate surface area is 167 Å². The van der Waals surface area contributed by atoms with Crippen molar-refractivity contribution in [3.05, 3.63) is 30.3 Å². The van der Waals surface area contributed by atoms with Gasteiger partial charge in [-0.25, -0.2) is 4.79 Å². The quantitative estimate of drug-likeness (QED) is 0.657. The minimum absolute atomic E-state index is 0.0340. The molecule has 0 fully saturated rings. The summed E-state index contributed by atoms with van der Waals surface area (Å²) in [5.41, 5.74) is 1.05. The summed E-state index contributed by atoms with van der Waals surface area (Å²) in [6.07, 6.45) is 1.11. The number of hydrogen-bond donors (Lipinski definition) is 1. The number of nitrogens with one attached hydrogen (secondary N) is 1. The van der Waals surface area contributed by atoms with Crippen LogP contribution >= 0.6 is 0 Å².